The Labute approximate surface area is 103 Å². The highest BCUT2D eigenvalue weighted by Crippen LogP contribution is 2.25. The summed E-state index contributed by atoms with van der Waals surface area (Å²) in [5.41, 5.74) is -0.124. The summed E-state index contributed by atoms with van der Waals surface area (Å²) in [6.45, 7) is 0. The largest absolute Gasteiger partial charge is 0.469 e. The fourth-order valence-corrected chi connectivity index (χ4v) is 1.47. The molecule has 0 saturated carbocycles. The molecule has 2 N–H and O–H groups in total. The van der Waals surface area contributed by atoms with E-state index in [2.05, 4.69) is 4.74 Å². The maximum atomic E-state index is 12.5. The van der Waals surface area contributed by atoms with Crippen molar-refractivity contribution < 1.29 is 28.5 Å². The molecule has 0 aliphatic rings. The van der Waals surface area contributed by atoms with E-state index in [-0.39, 0.29) is 11.1 Å². The number of halogens is 2. The Morgan fingerprint density at radius 2 is 1.94 bits per heavy atom. The van der Waals surface area contributed by atoms with Crippen LogP contribution in [0.15, 0.2) is 24.3 Å². The number of carbonyl (C=O) groups is 1. The molecular formula is C12H14F2O4. The van der Waals surface area contributed by atoms with E-state index in [0.717, 1.165) is 13.2 Å². The lowest BCUT2D eigenvalue weighted by molar-refractivity contribution is -0.144. The Kier molecular flexibility index (Phi) is 5.18. The third-order valence-electron chi connectivity index (χ3n) is 2.47. The van der Waals surface area contributed by atoms with E-state index >= 15 is 0 Å². The van der Waals surface area contributed by atoms with Gasteiger partial charge in [0.2, 0.25) is 0 Å². The van der Waals surface area contributed by atoms with Crippen molar-refractivity contribution in [3.63, 3.8) is 0 Å². The molecule has 0 heterocycles. The monoisotopic (exact) mass is 260 g/mol. The maximum absolute atomic E-state index is 12.5. The fraction of sp³-hybridized carbons (Fsp3) is 0.417. The molecule has 2 unspecified atom stereocenters. The second-order valence-corrected chi connectivity index (χ2v) is 3.76. The van der Waals surface area contributed by atoms with Gasteiger partial charge in [0.05, 0.1) is 19.6 Å². The topological polar surface area (TPSA) is 66.8 Å². The standard InChI is InChI=1S/C12H14F2O4/c1-18-10(16)6-9(15)11(17)7-3-2-4-8(5-7)12(13)14/h2-5,9,11-12,15,17H,6H2,1H3. The van der Waals surface area contributed by atoms with E-state index in [1.165, 1.54) is 18.2 Å². The molecule has 1 aromatic rings. The van der Waals surface area contributed by atoms with Gasteiger partial charge in [0, 0.05) is 5.56 Å². The highest BCUT2D eigenvalue weighted by molar-refractivity contribution is 5.69. The summed E-state index contributed by atoms with van der Waals surface area (Å²) in [6.07, 6.45) is -5.88. The van der Waals surface area contributed by atoms with Crippen molar-refractivity contribution in [3.05, 3.63) is 35.4 Å². The van der Waals surface area contributed by atoms with Crippen molar-refractivity contribution >= 4 is 5.97 Å². The van der Waals surface area contributed by atoms with Crippen LogP contribution >= 0.6 is 0 Å². The zero-order valence-electron chi connectivity index (χ0n) is 9.72. The van der Waals surface area contributed by atoms with Crippen LogP contribution in [0, 0.1) is 0 Å². The minimum Gasteiger partial charge on any atom is -0.469 e. The van der Waals surface area contributed by atoms with E-state index in [1.54, 1.807) is 0 Å². The molecule has 1 rings (SSSR count). The SMILES string of the molecule is COC(=O)CC(O)C(O)c1cccc(C(F)F)c1. The van der Waals surface area contributed by atoms with E-state index in [4.69, 9.17) is 0 Å². The normalized spacial score (nSPS) is 14.3. The number of aliphatic hydroxyl groups excluding tert-OH is 2. The molecule has 0 spiro atoms. The van der Waals surface area contributed by atoms with Crippen molar-refractivity contribution in [2.45, 2.75) is 25.1 Å². The van der Waals surface area contributed by atoms with E-state index in [9.17, 15) is 23.8 Å². The Hall–Kier alpha value is -1.53. The molecule has 0 aromatic heterocycles. The summed E-state index contributed by atoms with van der Waals surface area (Å²) >= 11 is 0. The third-order valence-corrected chi connectivity index (χ3v) is 2.47. The van der Waals surface area contributed by atoms with Crippen LogP contribution in [-0.4, -0.2) is 29.4 Å². The molecule has 4 nitrogen and oxygen atoms in total. The van der Waals surface area contributed by atoms with Crippen molar-refractivity contribution in [1.82, 2.24) is 0 Å². The summed E-state index contributed by atoms with van der Waals surface area (Å²) in [4.78, 5) is 10.9. The van der Waals surface area contributed by atoms with Gasteiger partial charge in [-0.25, -0.2) is 8.78 Å². The average molecular weight is 260 g/mol. The number of hydrogen-bond donors (Lipinski definition) is 2. The number of benzene rings is 1. The van der Waals surface area contributed by atoms with E-state index in [0.29, 0.717) is 0 Å². The van der Waals surface area contributed by atoms with Gasteiger partial charge >= 0.3 is 5.97 Å². The van der Waals surface area contributed by atoms with Gasteiger partial charge in [0.25, 0.3) is 6.43 Å². The summed E-state index contributed by atoms with van der Waals surface area (Å²) in [5, 5.41) is 19.3. The number of alkyl halides is 2. The summed E-state index contributed by atoms with van der Waals surface area (Å²) in [7, 11) is 1.15. The van der Waals surface area contributed by atoms with Crippen molar-refractivity contribution in [2.75, 3.05) is 7.11 Å². The molecule has 0 bridgehead atoms. The molecule has 0 aliphatic carbocycles. The molecule has 0 saturated heterocycles. The van der Waals surface area contributed by atoms with Gasteiger partial charge in [-0.15, -0.1) is 0 Å². The molecule has 6 heteroatoms. The maximum Gasteiger partial charge on any atom is 0.308 e. The molecule has 18 heavy (non-hydrogen) atoms. The quantitative estimate of drug-likeness (QED) is 0.789. The minimum absolute atomic E-state index is 0.129. The van der Waals surface area contributed by atoms with Gasteiger partial charge in [0.1, 0.15) is 6.10 Å². The van der Waals surface area contributed by atoms with Crippen LogP contribution in [-0.2, 0) is 9.53 Å². The number of rotatable bonds is 5. The number of hydrogen-bond acceptors (Lipinski definition) is 4. The molecule has 0 fully saturated rings. The molecule has 1 aromatic carbocycles. The Balaban J connectivity index is 2.79. The number of esters is 1. The zero-order valence-corrected chi connectivity index (χ0v) is 9.72. The van der Waals surface area contributed by atoms with Gasteiger partial charge in [-0.2, -0.15) is 0 Å². The predicted molar refractivity (Wildman–Crippen MR) is 59.0 cm³/mol. The molecular weight excluding hydrogens is 246 g/mol. The molecule has 0 radical (unpaired) electrons. The number of methoxy groups -OCH3 is 1. The number of carbonyl (C=O) groups excluding carboxylic acids is 1. The molecule has 0 aliphatic heterocycles. The van der Waals surface area contributed by atoms with Crippen molar-refractivity contribution in [2.24, 2.45) is 0 Å². The lowest BCUT2D eigenvalue weighted by Crippen LogP contribution is -2.22. The average Bonchev–Trinajstić information content (AvgIpc) is 2.37. The van der Waals surface area contributed by atoms with Crippen LogP contribution in [0.5, 0.6) is 0 Å². The summed E-state index contributed by atoms with van der Waals surface area (Å²) < 4.78 is 29.3. The van der Waals surface area contributed by atoms with Crippen LogP contribution < -0.4 is 0 Å². The van der Waals surface area contributed by atoms with Crippen LogP contribution in [0.4, 0.5) is 8.78 Å². The third kappa shape index (κ3) is 3.75. The van der Waals surface area contributed by atoms with E-state index in [1.807, 2.05) is 0 Å². The molecule has 0 amide bonds. The van der Waals surface area contributed by atoms with Gasteiger partial charge in [-0.05, 0) is 11.6 Å². The van der Waals surface area contributed by atoms with Gasteiger partial charge in [-0.3, -0.25) is 4.79 Å². The first-order chi connectivity index (χ1) is 8.45. The second-order valence-electron chi connectivity index (χ2n) is 3.76. The minimum atomic E-state index is -2.66. The first-order valence-corrected chi connectivity index (χ1v) is 5.26. The molecule has 2 atom stereocenters. The van der Waals surface area contributed by atoms with Crippen LogP contribution in [0.2, 0.25) is 0 Å². The fourth-order valence-electron chi connectivity index (χ4n) is 1.47. The van der Waals surface area contributed by atoms with Crippen LogP contribution in [0.1, 0.15) is 30.1 Å². The van der Waals surface area contributed by atoms with Crippen molar-refractivity contribution in [1.29, 1.82) is 0 Å². The Morgan fingerprint density at radius 1 is 1.33 bits per heavy atom. The Bertz CT molecular complexity index is 409. The summed E-state index contributed by atoms with van der Waals surface area (Å²) in [6, 6.07) is 5.06. The predicted octanol–water partition coefficient (Wildman–Crippen LogP) is 1.58. The highest BCUT2D eigenvalue weighted by atomic mass is 19.3. The lowest BCUT2D eigenvalue weighted by atomic mass is 10.0. The van der Waals surface area contributed by atoms with Gasteiger partial charge < -0.3 is 14.9 Å². The first-order valence-electron chi connectivity index (χ1n) is 5.26. The van der Waals surface area contributed by atoms with Crippen LogP contribution in [0.3, 0.4) is 0 Å². The highest BCUT2D eigenvalue weighted by Gasteiger charge is 2.22. The lowest BCUT2D eigenvalue weighted by Gasteiger charge is -2.17. The zero-order chi connectivity index (χ0) is 13.7. The van der Waals surface area contributed by atoms with E-state index < -0.39 is 31.0 Å². The van der Waals surface area contributed by atoms with Crippen LogP contribution in [0.25, 0.3) is 0 Å². The second kappa shape index (κ2) is 6.42. The number of ether oxygens (including phenoxy) is 1. The molecule has 100 valence electrons. The van der Waals surface area contributed by atoms with Gasteiger partial charge in [-0.1, -0.05) is 18.2 Å². The van der Waals surface area contributed by atoms with Crippen molar-refractivity contribution in [3.8, 4) is 0 Å². The summed E-state index contributed by atoms with van der Waals surface area (Å²) in [5.74, 6) is -0.688. The number of aliphatic hydroxyl groups is 2. The first kappa shape index (κ1) is 14.5. The van der Waals surface area contributed by atoms with Gasteiger partial charge in [0.15, 0.2) is 0 Å². The Morgan fingerprint density at radius 3 is 2.50 bits per heavy atom. The smallest absolute Gasteiger partial charge is 0.308 e.